The summed E-state index contributed by atoms with van der Waals surface area (Å²) in [6.07, 6.45) is 1.49. The van der Waals surface area contributed by atoms with Gasteiger partial charge in [0, 0.05) is 19.3 Å². The van der Waals surface area contributed by atoms with Crippen molar-refractivity contribution in [1.29, 1.82) is 0 Å². The number of aryl methyl sites for hydroxylation is 1. The minimum atomic E-state index is -0.294. The summed E-state index contributed by atoms with van der Waals surface area (Å²) in [7, 11) is 1.64. The lowest BCUT2D eigenvalue weighted by atomic mass is 9.87. The van der Waals surface area contributed by atoms with Crippen LogP contribution in [0.2, 0.25) is 0 Å². The Balaban J connectivity index is 2.35. The van der Waals surface area contributed by atoms with E-state index in [9.17, 15) is 9.59 Å². The van der Waals surface area contributed by atoms with Crippen LogP contribution < -0.4 is 11.2 Å². The van der Waals surface area contributed by atoms with Gasteiger partial charge in [-0.15, -0.1) is 0 Å². The van der Waals surface area contributed by atoms with Crippen LogP contribution in [-0.2, 0) is 19.0 Å². The molecule has 0 aliphatic heterocycles. The van der Waals surface area contributed by atoms with E-state index >= 15 is 0 Å². The summed E-state index contributed by atoms with van der Waals surface area (Å²) in [5.41, 5.74) is 1.71. The van der Waals surface area contributed by atoms with Crippen molar-refractivity contribution < 1.29 is 0 Å². The van der Waals surface area contributed by atoms with Gasteiger partial charge in [0.1, 0.15) is 0 Å². The Labute approximate surface area is 118 Å². The van der Waals surface area contributed by atoms with Gasteiger partial charge < -0.3 is 4.57 Å². The molecule has 0 aliphatic rings. The minimum absolute atomic E-state index is 0.0955. The third kappa shape index (κ3) is 2.90. The monoisotopic (exact) mass is 272 g/mol. The van der Waals surface area contributed by atoms with Crippen molar-refractivity contribution in [3.63, 3.8) is 0 Å². The van der Waals surface area contributed by atoms with E-state index < -0.39 is 0 Å². The van der Waals surface area contributed by atoms with Crippen LogP contribution in [0.3, 0.4) is 0 Å². The quantitative estimate of drug-likeness (QED) is 0.838. The summed E-state index contributed by atoms with van der Waals surface area (Å²) in [4.78, 5) is 23.7. The zero-order valence-electron chi connectivity index (χ0n) is 12.4. The molecule has 0 saturated carbocycles. The molecule has 1 aromatic heterocycles. The van der Waals surface area contributed by atoms with Crippen LogP contribution in [0.25, 0.3) is 0 Å². The Morgan fingerprint density at radius 3 is 2.15 bits per heavy atom. The highest BCUT2D eigenvalue weighted by atomic mass is 16.2. The fourth-order valence-electron chi connectivity index (χ4n) is 2.05. The molecular formula is C16H20N2O2. The first kappa shape index (κ1) is 14.3. The van der Waals surface area contributed by atoms with Gasteiger partial charge in [0.25, 0.3) is 5.56 Å². The van der Waals surface area contributed by atoms with Gasteiger partial charge in [0.05, 0.1) is 6.54 Å². The largest absolute Gasteiger partial charge is 0.331 e. The Hall–Kier alpha value is -2.10. The van der Waals surface area contributed by atoms with Gasteiger partial charge in [-0.25, -0.2) is 4.79 Å². The number of nitrogens with zero attached hydrogens (tertiary/aromatic N) is 2. The second-order valence-electron chi connectivity index (χ2n) is 6.08. The Morgan fingerprint density at radius 1 is 1.00 bits per heavy atom. The molecule has 2 aromatic rings. The van der Waals surface area contributed by atoms with Crippen molar-refractivity contribution >= 4 is 0 Å². The number of benzene rings is 1. The normalized spacial score (nSPS) is 11.6. The van der Waals surface area contributed by atoms with Crippen LogP contribution >= 0.6 is 0 Å². The number of hydrogen-bond acceptors (Lipinski definition) is 2. The fraction of sp³-hybridized carbons (Fsp3) is 0.375. The topological polar surface area (TPSA) is 44.0 Å². The zero-order valence-corrected chi connectivity index (χ0v) is 12.4. The molecule has 0 fully saturated rings. The maximum atomic E-state index is 11.9. The van der Waals surface area contributed by atoms with Crippen LogP contribution in [0.4, 0.5) is 0 Å². The third-order valence-corrected chi connectivity index (χ3v) is 3.40. The highest BCUT2D eigenvalue weighted by Crippen LogP contribution is 2.22. The van der Waals surface area contributed by atoms with E-state index in [1.54, 1.807) is 7.05 Å². The molecule has 0 atom stereocenters. The van der Waals surface area contributed by atoms with E-state index in [0.29, 0.717) is 6.54 Å². The second kappa shape index (κ2) is 5.12. The molecule has 2 rings (SSSR count). The molecule has 4 heteroatoms. The van der Waals surface area contributed by atoms with Crippen molar-refractivity contribution in [2.75, 3.05) is 0 Å². The molecule has 1 aromatic carbocycles. The summed E-state index contributed by atoms with van der Waals surface area (Å²) in [6, 6.07) is 9.45. The summed E-state index contributed by atoms with van der Waals surface area (Å²) in [5, 5.41) is 0. The molecule has 0 aliphatic carbocycles. The molecular weight excluding hydrogens is 252 g/mol. The molecule has 20 heavy (non-hydrogen) atoms. The first-order chi connectivity index (χ1) is 9.29. The Kier molecular flexibility index (Phi) is 3.66. The maximum Gasteiger partial charge on any atom is 0.331 e. The van der Waals surface area contributed by atoms with Gasteiger partial charge in [0.2, 0.25) is 0 Å². The summed E-state index contributed by atoms with van der Waals surface area (Å²) >= 11 is 0. The third-order valence-electron chi connectivity index (χ3n) is 3.40. The average Bonchev–Trinajstić information content (AvgIpc) is 2.39. The molecule has 0 radical (unpaired) electrons. The van der Waals surface area contributed by atoms with E-state index in [4.69, 9.17) is 0 Å². The van der Waals surface area contributed by atoms with Gasteiger partial charge in [-0.05, 0) is 16.5 Å². The Bertz CT molecular complexity index is 716. The summed E-state index contributed by atoms with van der Waals surface area (Å²) in [6.45, 7) is 6.76. The number of hydrogen-bond donors (Lipinski definition) is 0. The van der Waals surface area contributed by atoms with Crippen LogP contribution in [0, 0.1) is 0 Å². The van der Waals surface area contributed by atoms with Crippen molar-refractivity contribution in [3.05, 3.63) is 68.5 Å². The van der Waals surface area contributed by atoms with Crippen LogP contribution in [0.15, 0.2) is 46.1 Å². The van der Waals surface area contributed by atoms with Crippen LogP contribution in [-0.4, -0.2) is 9.13 Å². The first-order valence-electron chi connectivity index (χ1n) is 6.65. The standard InChI is InChI=1S/C16H20N2O2/c1-16(2,3)13-7-5-12(6-8-13)11-18-14(19)9-10-17(4)15(18)20/h5-10H,11H2,1-4H3. The van der Waals surface area contributed by atoms with E-state index in [0.717, 1.165) is 5.56 Å². The molecule has 1 heterocycles. The predicted molar refractivity (Wildman–Crippen MR) is 80.2 cm³/mol. The molecule has 0 bridgehead atoms. The lowest BCUT2D eigenvalue weighted by Crippen LogP contribution is -2.38. The molecule has 4 nitrogen and oxygen atoms in total. The van der Waals surface area contributed by atoms with Gasteiger partial charge in [-0.2, -0.15) is 0 Å². The minimum Gasteiger partial charge on any atom is -0.303 e. The second-order valence-corrected chi connectivity index (χ2v) is 6.08. The van der Waals surface area contributed by atoms with Crippen molar-refractivity contribution in [2.45, 2.75) is 32.7 Å². The lowest BCUT2D eigenvalue weighted by molar-refractivity contribution is 0.589. The molecule has 0 unspecified atom stereocenters. The van der Waals surface area contributed by atoms with Gasteiger partial charge in [-0.3, -0.25) is 9.36 Å². The average molecular weight is 272 g/mol. The molecule has 0 N–H and O–H groups in total. The molecule has 0 amide bonds. The van der Waals surface area contributed by atoms with Crippen LogP contribution in [0.1, 0.15) is 31.9 Å². The Morgan fingerprint density at radius 2 is 1.60 bits per heavy atom. The zero-order chi connectivity index (χ0) is 14.9. The lowest BCUT2D eigenvalue weighted by Gasteiger charge is -2.19. The van der Waals surface area contributed by atoms with Crippen molar-refractivity contribution in [1.82, 2.24) is 9.13 Å². The predicted octanol–water partition coefficient (Wildman–Crippen LogP) is 1.89. The smallest absolute Gasteiger partial charge is 0.303 e. The number of rotatable bonds is 2. The van der Waals surface area contributed by atoms with Crippen molar-refractivity contribution in [2.24, 2.45) is 7.05 Å². The van der Waals surface area contributed by atoms with Crippen LogP contribution in [0.5, 0.6) is 0 Å². The van der Waals surface area contributed by atoms with E-state index in [2.05, 4.69) is 20.8 Å². The molecule has 106 valence electrons. The van der Waals surface area contributed by atoms with Crippen molar-refractivity contribution in [3.8, 4) is 0 Å². The highest BCUT2D eigenvalue weighted by molar-refractivity contribution is 5.27. The van der Waals surface area contributed by atoms with E-state index in [-0.39, 0.29) is 16.7 Å². The molecule has 0 spiro atoms. The molecule has 0 saturated heterocycles. The number of aromatic nitrogens is 2. The summed E-state index contributed by atoms with van der Waals surface area (Å²) in [5.74, 6) is 0. The highest BCUT2D eigenvalue weighted by Gasteiger charge is 2.13. The van der Waals surface area contributed by atoms with Gasteiger partial charge >= 0.3 is 5.69 Å². The van der Waals surface area contributed by atoms with Gasteiger partial charge in [-0.1, -0.05) is 45.0 Å². The summed E-state index contributed by atoms with van der Waals surface area (Å²) < 4.78 is 2.65. The fourth-order valence-corrected chi connectivity index (χ4v) is 2.05. The first-order valence-corrected chi connectivity index (χ1v) is 6.65. The van der Waals surface area contributed by atoms with E-state index in [1.165, 1.54) is 27.0 Å². The SMILES string of the molecule is Cn1ccc(=O)n(Cc2ccc(C(C)(C)C)cc2)c1=O. The van der Waals surface area contributed by atoms with E-state index in [1.807, 2.05) is 24.3 Å². The van der Waals surface area contributed by atoms with Gasteiger partial charge in [0.15, 0.2) is 0 Å². The maximum absolute atomic E-state index is 11.9.